The Bertz CT molecular complexity index is 739. The van der Waals surface area contributed by atoms with Crippen LogP contribution in [0.3, 0.4) is 0 Å². The van der Waals surface area contributed by atoms with E-state index in [4.69, 9.17) is 0 Å². The first-order valence-electron chi connectivity index (χ1n) is 8.56. The minimum atomic E-state index is 0.274. The van der Waals surface area contributed by atoms with E-state index >= 15 is 0 Å². The fraction of sp³-hybridized carbons (Fsp3) is 0.400. The molecule has 3 aromatic rings. The fourth-order valence-corrected chi connectivity index (χ4v) is 6.00. The molecule has 4 heteroatoms. The van der Waals surface area contributed by atoms with Gasteiger partial charge in [-0.1, -0.05) is 26.3 Å². The van der Waals surface area contributed by atoms with Gasteiger partial charge in [0.05, 0.1) is 0 Å². The zero-order valence-electron chi connectivity index (χ0n) is 14.2. The van der Waals surface area contributed by atoms with Crippen molar-refractivity contribution in [1.29, 1.82) is 0 Å². The van der Waals surface area contributed by atoms with Crippen LogP contribution in [0.1, 0.15) is 43.9 Å². The first-order chi connectivity index (χ1) is 11.7. The number of rotatable bonds is 8. The summed E-state index contributed by atoms with van der Waals surface area (Å²) in [5.41, 5.74) is 0. The molecule has 3 aromatic heterocycles. The van der Waals surface area contributed by atoms with Crippen LogP contribution < -0.4 is 0 Å². The van der Waals surface area contributed by atoms with Gasteiger partial charge in [0.1, 0.15) is 0 Å². The van der Waals surface area contributed by atoms with Crippen LogP contribution in [-0.4, -0.2) is 11.7 Å². The maximum atomic E-state index is 9.42. The molecule has 24 heavy (non-hydrogen) atoms. The van der Waals surface area contributed by atoms with Gasteiger partial charge in [0.25, 0.3) is 0 Å². The number of hydrogen-bond acceptors (Lipinski definition) is 4. The summed E-state index contributed by atoms with van der Waals surface area (Å²) in [7, 11) is 0. The largest absolute Gasteiger partial charge is 0.396 e. The van der Waals surface area contributed by atoms with Crippen LogP contribution in [-0.2, 0) is 0 Å². The van der Waals surface area contributed by atoms with E-state index in [0.717, 1.165) is 6.42 Å². The van der Waals surface area contributed by atoms with Crippen LogP contribution in [0.25, 0.3) is 19.5 Å². The Morgan fingerprint density at radius 1 is 0.958 bits per heavy atom. The van der Waals surface area contributed by atoms with Crippen LogP contribution in [0, 0.1) is 5.92 Å². The lowest BCUT2D eigenvalue weighted by Gasteiger charge is -2.18. The number of thiophene rings is 3. The lowest BCUT2D eigenvalue weighted by molar-refractivity contribution is 0.266. The normalized spacial score (nSPS) is 14.0. The quantitative estimate of drug-likeness (QED) is 0.444. The summed E-state index contributed by atoms with van der Waals surface area (Å²) in [6, 6.07) is 13.3. The molecule has 0 radical (unpaired) electrons. The molecule has 0 aliphatic carbocycles. The van der Waals surface area contributed by atoms with Crippen molar-refractivity contribution >= 4 is 34.0 Å². The summed E-state index contributed by atoms with van der Waals surface area (Å²) >= 11 is 5.57. The molecule has 128 valence electrons. The van der Waals surface area contributed by atoms with Gasteiger partial charge in [-0.05, 0) is 60.4 Å². The Hall–Kier alpha value is -0.940. The van der Waals surface area contributed by atoms with Gasteiger partial charge in [0.2, 0.25) is 0 Å². The molecular weight excluding hydrogens is 352 g/mol. The molecule has 2 atom stereocenters. The second-order valence-corrected chi connectivity index (χ2v) is 9.45. The summed E-state index contributed by atoms with van der Waals surface area (Å²) < 4.78 is 0. The smallest absolute Gasteiger partial charge is 0.0449 e. The van der Waals surface area contributed by atoms with Crippen molar-refractivity contribution in [2.75, 3.05) is 6.61 Å². The van der Waals surface area contributed by atoms with E-state index in [1.54, 1.807) is 11.3 Å². The average Bonchev–Trinajstić information content (AvgIpc) is 3.33. The third-order valence-electron chi connectivity index (χ3n) is 4.50. The van der Waals surface area contributed by atoms with Crippen molar-refractivity contribution in [3.63, 3.8) is 0 Å². The number of hydrogen-bond donors (Lipinski definition) is 1. The highest BCUT2D eigenvalue weighted by atomic mass is 32.1. The number of aliphatic hydroxyl groups excluding tert-OH is 1. The van der Waals surface area contributed by atoms with E-state index in [9.17, 15) is 5.11 Å². The summed E-state index contributed by atoms with van der Waals surface area (Å²) in [6.45, 7) is 4.83. The predicted octanol–water partition coefficient (Wildman–Crippen LogP) is 7.11. The van der Waals surface area contributed by atoms with E-state index in [0.29, 0.717) is 11.8 Å². The lowest BCUT2D eigenvalue weighted by Crippen LogP contribution is -2.05. The van der Waals surface area contributed by atoms with Crippen LogP contribution in [0.15, 0.2) is 41.8 Å². The maximum absolute atomic E-state index is 9.42. The maximum Gasteiger partial charge on any atom is 0.0449 e. The summed E-state index contributed by atoms with van der Waals surface area (Å²) in [5.74, 6) is 1.19. The Balaban J connectivity index is 1.79. The molecule has 3 rings (SSSR count). The molecule has 0 amide bonds. The third-order valence-corrected chi connectivity index (χ3v) is 8.10. The van der Waals surface area contributed by atoms with Gasteiger partial charge in [0.15, 0.2) is 0 Å². The highest BCUT2D eigenvalue weighted by Gasteiger charge is 2.17. The van der Waals surface area contributed by atoms with Gasteiger partial charge in [-0.15, -0.1) is 34.0 Å². The molecule has 0 aliphatic heterocycles. The summed E-state index contributed by atoms with van der Waals surface area (Å²) in [4.78, 5) is 6.82. The van der Waals surface area contributed by atoms with E-state index in [2.05, 4.69) is 55.6 Å². The van der Waals surface area contributed by atoms with Crippen LogP contribution in [0.4, 0.5) is 0 Å². The SMILES string of the molecule is CCC(C)CC(CCO)c1ccc(-c2ccc(-c3cccs3)s2)s1. The number of aliphatic hydroxyl groups is 1. The van der Waals surface area contributed by atoms with Crippen LogP contribution in [0.5, 0.6) is 0 Å². The molecule has 0 aliphatic rings. The average molecular weight is 377 g/mol. The van der Waals surface area contributed by atoms with Gasteiger partial charge in [-0.3, -0.25) is 0 Å². The molecule has 0 saturated carbocycles. The third kappa shape index (κ3) is 4.17. The van der Waals surface area contributed by atoms with E-state index in [-0.39, 0.29) is 6.61 Å². The van der Waals surface area contributed by atoms with Crippen molar-refractivity contribution in [2.24, 2.45) is 5.92 Å². The standard InChI is InChI=1S/C20H24OS3/c1-3-14(2)13-15(10-11-21)16-6-7-19(23-16)20-9-8-18(24-20)17-5-4-12-22-17/h4-9,12,14-15,21H,3,10-11,13H2,1-2H3. The zero-order chi connectivity index (χ0) is 16.9. The Labute approximate surface area is 156 Å². The second-order valence-electron chi connectivity index (χ2n) is 6.30. The Morgan fingerprint density at radius 2 is 1.67 bits per heavy atom. The Morgan fingerprint density at radius 3 is 2.33 bits per heavy atom. The minimum Gasteiger partial charge on any atom is -0.396 e. The van der Waals surface area contributed by atoms with Gasteiger partial charge in [-0.25, -0.2) is 0 Å². The van der Waals surface area contributed by atoms with Crippen molar-refractivity contribution in [2.45, 2.75) is 39.0 Å². The lowest BCUT2D eigenvalue weighted by atomic mass is 9.91. The molecule has 0 spiro atoms. The molecule has 3 heterocycles. The van der Waals surface area contributed by atoms with Crippen LogP contribution >= 0.6 is 34.0 Å². The van der Waals surface area contributed by atoms with Crippen molar-refractivity contribution in [1.82, 2.24) is 0 Å². The summed E-state index contributed by atoms with van der Waals surface area (Å²) in [6.07, 6.45) is 3.24. The molecule has 2 unspecified atom stereocenters. The summed E-state index contributed by atoms with van der Waals surface area (Å²) in [5, 5.41) is 11.6. The van der Waals surface area contributed by atoms with Gasteiger partial charge in [-0.2, -0.15) is 0 Å². The topological polar surface area (TPSA) is 20.2 Å². The second kappa shape index (κ2) is 8.43. The van der Waals surface area contributed by atoms with Gasteiger partial charge < -0.3 is 5.11 Å². The molecular formula is C20H24OS3. The van der Waals surface area contributed by atoms with Crippen molar-refractivity contribution < 1.29 is 5.11 Å². The first-order valence-corrected chi connectivity index (χ1v) is 11.1. The van der Waals surface area contributed by atoms with E-state index < -0.39 is 0 Å². The molecule has 0 saturated heterocycles. The van der Waals surface area contributed by atoms with E-state index in [1.807, 2.05) is 22.7 Å². The van der Waals surface area contributed by atoms with Gasteiger partial charge in [0, 0.05) is 31.0 Å². The zero-order valence-corrected chi connectivity index (χ0v) is 16.6. The first kappa shape index (κ1) is 17.9. The highest BCUT2D eigenvalue weighted by molar-refractivity contribution is 7.26. The van der Waals surface area contributed by atoms with Gasteiger partial charge >= 0.3 is 0 Å². The van der Waals surface area contributed by atoms with E-state index in [1.165, 1.54) is 37.2 Å². The monoisotopic (exact) mass is 376 g/mol. The fourth-order valence-electron chi connectivity index (χ4n) is 2.91. The van der Waals surface area contributed by atoms with Crippen molar-refractivity contribution in [3.05, 3.63) is 46.7 Å². The molecule has 1 nitrogen and oxygen atoms in total. The van der Waals surface area contributed by atoms with Crippen molar-refractivity contribution in [3.8, 4) is 19.5 Å². The molecule has 0 bridgehead atoms. The Kier molecular flexibility index (Phi) is 6.28. The highest BCUT2D eigenvalue weighted by Crippen LogP contribution is 2.41. The molecule has 1 N–H and O–H groups in total. The predicted molar refractivity (Wildman–Crippen MR) is 109 cm³/mol. The van der Waals surface area contributed by atoms with Crippen LogP contribution in [0.2, 0.25) is 0 Å². The minimum absolute atomic E-state index is 0.274. The molecule has 0 aromatic carbocycles. The molecule has 0 fully saturated rings.